The van der Waals surface area contributed by atoms with Crippen molar-refractivity contribution in [1.82, 2.24) is 10.3 Å². The third-order valence-electron chi connectivity index (χ3n) is 4.21. The number of piperidine rings is 1. The van der Waals surface area contributed by atoms with Gasteiger partial charge >= 0.3 is 0 Å². The lowest BCUT2D eigenvalue weighted by Gasteiger charge is -2.37. The Hall–Kier alpha value is -0.610. The van der Waals surface area contributed by atoms with Crippen LogP contribution in [0.2, 0.25) is 0 Å². The van der Waals surface area contributed by atoms with Gasteiger partial charge in [-0.25, -0.2) is 4.98 Å². The molecule has 108 valence electrons. The van der Waals surface area contributed by atoms with Crippen molar-refractivity contribution in [3.8, 4) is 0 Å². The van der Waals surface area contributed by atoms with E-state index in [0.717, 1.165) is 18.9 Å². The highest BCUT2D eigenvalue weighted by atomic mass is 32.1. The molecule has 0 saturated carbocycles. The van der Waals surface area contributed by atoms with Crippen LogP contribution in [0.25, 0.3) is 0 Å². The van der Waals surface area contributed by atoms with Gasteiger partial charge in [0, 0.05) is 24.0 Å². The smallest absolute Gasteiger partial charge is 0.186 e. The molecule has 2 rings (SSSR count). The van der Waals surface area contributed by atoms with E-state index in [1.54, 1.807) is 0 Å². The van der Waals surface area contributed by atoms with Crippen LogP contribution >= 0.6 is 11.3 Å². The summed E-state index contributed by atoms with van der Waals surface area (Å²) in [7, 11) is 2.01. The first-order valence-electron chi connectivity index (χ1n) is 7.57. The predicted octanol–water partition coefficient (Wildman–Crippen LogP) is 3.44. The number of nitrogens with one attached hydrogen (secondary N) is 1. The van der Waals surface area contributed by atoms with Gasteiger partial charge in [0.2, 0.25) is 0 Å². The van der Waals surface area contributed by atoms with Crippen molar-refractivity contribution in [2.45, 2.75) is 59.0 Å². The summed E-state index contributed by atoms with van der Waals surface area (Å²) in [5.41, 5.74) is 1.31. The van der Waals surface area contributed by atoms with Crippen molar-refractivity contribution in [2.24, 2.45) is 5.92 Å². The Kier molecular flexibility index (Phi) is 5.22. The molecule has 3 nitrogen and oxygen atoms in total. The first-order chi connectivity index (χ1) is 9.17. The first-order valence-corrected chi connectivity index (χ1v) is 8.38. The fourth-order valence-electron chi connectivity index (χ4n) is 2.83. The minimum Gasteiger partial charge on any atom is -0.345 e. The SMILES string of the molecule is CCCc1nc(N2CCCC(C)C2C)sc1CNC. The normalized spacial score (nSPS) is 23.9. The predicted molar refractivity (Wildman–Crippen MR) is 84.1 cm³/mol. The van der Waals surface area contributed by atoms with Crippen LogP contribution in [-0.4, -0.2) is 24.6 Å². The highest BCUT2D eigenvalue weighted by Crippen LogP contribution is 2.33. The minimum atomic E-state index is 0.622. The fourth-order valence-corrected chi connectivity index (χ4v) is 4.06. The highest BCUT2D eigenvalue weighted by Gasteiger charge is 2.27. The van der Waals surface area contributed by atoms with Crippen LogP contribution in [0.3, 0.4) is 0 Å². The standard InChI is InChI=1S/C15H27N3S/c1-5-7-13-14(10-16-4)19-15(17-13)18-9-6-8-11(2)12(18)3/h11-12,16H,5-10H2,1-4H3. The summed E-state index contributed by atoms with van der Waals surface area (Å²) in [6.45, 7) is 9.07. The van der Waals surface area contributed by atoms with Crippen LogP contribution in [0.5, 0.6) is 0 Å². The van der Waals surface area contributed by atoms with Gasteiger partial charge in [-0.3, -0.25) is 0 Å². The molecule has 1 aromatic rings. The maximum absolute atomic E-state index is 4.93. The molecule has 0 aliphatic carbocycles. The topological polar surface area (TPSA) is 28.2 Å². The zero-order valence-electron chi connectivity index (χ0n) is 12.7. The van der Waals surface area contributed by atoms with Crippen LogP contribution in [-0.2, 0) is 13.0 Å². The van der Waals surface area contributed by atoms with E-state index >= 15 is 0 Å². The second kappa shape index (κ2) is 6.71. The molecule has 0 spiro atoms. The van der Waals surface area contributed by atoms with Crippen molar-refractivity contribution >= 4 is 16.5 Å². The van der Waals surface area contributed by atoms with Gasteiger partial charge in [0.05, 0.1) is 5.69 Å². The van der Waals surface area contributed by atoms with Gasteiger partial charge in [-0.05, 0) is 39.2 Å². The van der Waals surface area contributed by atoms with Crippen molar-refractivity contribution in [2.75, 3.05) is 18.5 Å². The third kappa shape index (κ3) is 3.29. The molecule has 0 aromatic carbocycles. The lowest BCUT2D eigenvalue weighted by molar-refractivity contribution is 0.363. The Bertz CT molecular complexity index is 379. The molecule has 0 amide bonds. The van der Waals surface area contributed by atoms with Crippen molar-refractivity contribution in [3.63, 3.8) is 0 Å². The molecule has 4 heteroatoms. The molecule has 2 unspecified atom stereocenters. The number of aromatic nitrogens is 1. The number of rotatable bonds is 5. The van der Waals surface area contributed by atoms with Crippen LogP contribution in [0, 0.1) is 5.92 Å². The average Bonchev–Trinajstić information content (AvgIpc) is 2.77. The maximum atomic E-state index is 4.93. The Labute approximate surface area is 121 Å². The lowest BCUT2D eigenvalue weighted by Crippen LogP contribution is -2.42. The second-order valence-corrected chi connectivity index (χ2v) is 6.76. The van der Waals surface area contributed by atoms with E-state index in [9.17, 15) is 0 Å². The van der Waals surface area contributed by atoms with Crippen LogP contribution in [0.15, 0.2) is 0 Å². The summed E-state index contributed by atoms with van der Waals surface area (Å²) in [5, 5.41) is 4.51. The van der Waals surface area contributed by atoms with Gasteiger partial charge in [-0.15, -0.1) is 11.3 Å². The van der Waals surface area contributed by atoms with E-state index in [-0.39, 0.29) is 0 Å². The number of hydrogen-bond acceptors (Lipinski definition) is 4. The van der Waals surface area contributed by atoms with Gasteiger partial charge in [-0.2, -0.15) is 0 Å². The molecule has 2 atom stereocenters. The van der Waals surface area contributed by atoms with Crippen molar-refractivity contribution < 1.29 is 0 Å². The molecule has 1 N–H and O–H groups in total. The molecule has 0 bridgehead atoms. The molecule has 1 fully saturated rings. The van der Waals surface area contributed by atoms with Crippen LogP contribution in [0.4, 0.5) is 5.13 Å². The van der Waals surface area contributed by atoms with E-state index in [2.05, 4.69) is 31.0 Å². The van der Waals surface area contributed by atoms with Crippen molar-refractivity contribution in [3.05, 3.63) is 10.6 Å². The van der Waals surface area contributed by atoms with E-state index in [1.807, 2.05) is 18.4 Å². The fraction of sp³-hybridized carbons (Fsp3) is 0.800. The largest absolute Gasteiger partial charge is 0.345 e. The lowest BCUT2D eigenvalue weighted by atomic mass is 9.93. The number of anilines is 1. The molecule has 1 saturated heterocycles. The number of aryl methyl sites for hydroxylation is 1. The molecule has 1 aliphatic heterocycles. The molecule has 0 radical (unpaired) electrons. The molecule has 1 aliphatic rings. The summed E-state index contributed by atoms with van der Waals surface area (Å²) in [6, 6.07) is 0.622. The minimum absolute atomic E-state index is 0.622. The summed E-state index contributed by atoms with van der Waals surface area (Å²) >= 11 is 1.89. The molecule has 19 heavy (non-hydrogen) atoms. The van der Waals surface area contributed by atoms with Gasteiger partial charge in [0.25, 0.3) is 0 Å². The van der Waals surface area contributed by atoms with Crippen LogP contribution in [0.1, 0.15) is 50.6 Å². The zero-order chi connectivity index (χ0) is 13.8. The Morgan fingerprint density at radius 3 is 2.89 bits per heavy atom. The number of thiazole rings is 1. The summed E-state index contributed by atoms with van der Waals surface area (Å²) in [4.78, 5) is 8.88. The Morgan fingerprint density at radius 2 is 2.21 bits per heavy atom. The van der Waals surface area contributed by atoms with E-state index in [0.29, 0.717) is 6.04 Å². The number of nitrogens with zero attached hydrogens (tertiary/aromatic N) is 2. The Balaban J connectivity index is 2.21. The maximum Gasteiger partial charge on any atom is 0.186 e. The van der Waals surface area contributed by atoms with Gasteiger partial charge in [-0.1, -0.05) is 20.3 Å². The quantitative estimate of drug-likeness (QED) is 0.896. The average molecular weight is 281 g/mol. The highest BCUT2D eigenvalue weighted by molar-refractivity contribution is 7.15. The zero-order valence-corrected chi connectivity index (χ0v) is 13.5. The van der Waals surface area contributed by atoms with Gasteiger partial charge in [0.15, 0.2) is 5.13 Å². The Morgan fingerprint density at radius 1 is 1.42 bits per heavy atom. The second-order valence-electron chi connectivity index (χ2n) is 5.70. The number of hydrogen-bond donors (Lipinski definition) is 1. The molecule has 1 aromatic heterocycles. The van der Waals surface area contributed by atoms with E-state index in [4.69, 9.17) is 4.98 Å². The monoisotopic (exact) mass is 281 g/mol. The van der Waals surface area contributed by atoms with Gasteiger partial charge in [0.1, 0.15) is 0 Å². The molecular formula is C15H27N3S. The summed E-state index contributed by atoms with van der Waals surface area (Å²) in [5.74, 6) is 0.778. The van der Waals surface area contributed by atoms with Gasteiger partial charge < -0.3 is 10.2 Å². The third-order valence-corrected chi connectivity index (χ3v) is 5.35. The molecule has 2 heterocycles. The molecular weight excluding hydrogens is 254 g/mol. The summed E-state index contributed by atoms with van der Waals surface area (Å²) < 4.78 is 0. The first kappa shape index (κ1) is 14.8. The van der Waals surface area contributed by atoms with E-state index < -0.39 is 0 Å². The van der Waals surface area contributed by atoms with Crippen molar-refractivity contribution in [1.29, 1.82) is 0 Å². The van der Waals surface area contributed by atoms with Crippen LogP contribution < -0.4 is 10.2 Å². The van der Waals surface area contributed by atoms with E-state index in [1.165, 1.54) is 41.5 Å². The summed E-state index contributed by atoms with van der Waals surface area (Å²) in [6.07, 6.45) is 4.93.